The highest BCUT2D eigenvalue weighted by molar-refractivity contribution is 8.13. The summed E-state index contributed by atoms with van der Waals surface area (Å²) < 4.78 is 32.3. The van der Waals surface area contributed by atoms with E-state index >= 15 is 0 Å². The third-order valence-electron chi connectivity index (χ3n) is 2.07. The number of phenols is 1. The van der Waals surface area contributed by atoms with E-state index in [1.54, 1.807) is 0 Å². The lowest BCUT2D eigenvalue weighted by molar-refractivity contribution is 0.170. The van der Waals surface area contributed by atoms with Gasteiger partial charge in [-0.3, -0.25) is 0 Å². The second-order valence-electron chi connectivity index (χ2n) is 3.31. The number of halogens is 1. The molecule has 5 nitrogen and oxygen atoms in total. The molecule has 0 aliphatic carbocycles. The highest BCUT2D eigenvalue weighted by Gasteiger charge is 2.18. The molecule has 0 aromatic heterocycles. The molecule has 1 aliphatic heterocycles. The predicted octanol–water partition coefficient (Wildman–Crippen LogP) is 1.23. The zero-order valence-electron chi connectivity index (χ0n) is 8.14. The van der Waals surface area contributed by atoms with E-state index in [9.17, 15) is 13.5 Å². The molecule has 0 bridgehead atoms. The molecule has 88 valence electrons. The minimum atomic E-state index is -3.71. The van der Waals surface area contributed by atoms with Gasteiger partial charge in [0.25, 0.3) is 0 Å². The quantitative estimate of drug-likeness (QED) is 0.814. The SMILES string of the molecule is O=S(=O)(Cl)Cc1cc2c(cc1O)OCCO2. The Bertz CT molecular complexity index is 511. The maximum atomic E-state index is 10.9. The maximum Gasteiger partial charge on any atom is 0.236 e. The average Bonchev–Trinajstić information content (AvgIpc) is 2.17. The second kappa shape index (κ2) is 4.03. The molecule has 0 radical (unpaired) electrons. The van der Waals surface area contributed by atoms with E-state index in [2.05, 4.69) is 0 Å². The number of aromatic hydroxyl groups is 1. The molecule has 0 fully saturated rings. The van der Waals surface area contributed by atoms with Crippen LogP contribution in [0.5, 0.6) is 17.2 Å². The van der Waals surface area contributed by atoms with Gasteiger partial charge in [-0.25, -0.2) is 8.42 Å². The van der Waals surface area contributed by atoms with Crippen LogP contribution in [0.1, 0.15) is 5.56 Å². The molecule has 0 saturated carbocycles. The molecule has 16 heavy (non-hydrogen) atoms. The molecule has 0 unspecified atom stereocenters. The monoisotopic (exact) mass is 264 g/mol. The number of benzene rings is 1. The van der Waals surface area contributed by atoms with Crippen LogP contribution in [0, 0.1) is 0 Å². The Kier molecular flexibility index (Phi) is 2.86. The van der Waals surface area contributed by atoms with Gasteiger partial charge in [-0.15, -0.1) is 0 Å². The molecule has 1 aromatic carbocycles. The van der Waals surface area contributed by atoms with Gasteiger partial charge >= 0.3 is 0 Å². The van der Waals surface area contributed by atoms with Gasteiger partial charge in [-0.05, 0) is 6.07 Å². The minimum Gasteiger partial charge on any atom is -0.507 e. The number of fused-ring (bicyclic) bond motifs is 1. The van der Waals surface area contributed by atoms with Crippen LogP contribution in [0.4, 0.5) is 0 Å². The van der Waals surface area contributed by atoms with Crippen LogP contribution in [0.15, 0.2) is 12.1 Å². The lowest BCUT2D eigenvalue weighted by atomic mass is 10.2. The summed E-state index contributed by atoms with van der Waals surface area (Å²) in [7, 11) is 1.40. The van der Waals surface area contributed by atoms with Crippen LogP contribution in [-0.4, -0.2) is 26.7 Å². The number of hydrogen-bond donors (Lipinski definition) is 1. The fraction of sp³-hybridized carbons (Fsp3) is 0.333. The molecule has 0 amide bonds. The molecule has 7 heteroatoms. The molecule has 1 N–H and O–H groups in total. The summed E-state index contributed by atoms with van der Waals surface area (Å²) in [6.45, 7) is 0.796. The van der Waals surface area contributed by atoms with Gasteiger partial charge in [0.1, 0.15) is 19.0 Å². The summed E-state index contributed by atoms with van der Waals surface area (Å²) >= 11 is 0. The molecular formula is C9H9ClO5S. The molecule has 0 saturated heterocycles. The van der Waals surface area contributed by atoms with E-state index in [0.29, 0.717) is 24.7 Å². The van der Waals surface area contributed by atoms with Crippen molar-refractivity contribution in [3.05, 3.63) is 17.7 Å². The van der Waals surface area contributed by atoms with Gasteiger partial charge < -0.3 is 14.6 Å². The van der Waals surface area contributed by atoms with Crippen LogP contribution in [0.2, 0.25) is 0 Å². The van der Waals surface area contributed by atoms with Gasteiger partial charge in [0.2, 0.25) is 9.05 Å². The highest BCUT2D eigenvalue weighted by Crippen LogP contribution is 2.37. The normalized spacial score (nSPS) is 14.8. The molecule has 2 rings (SSSR count). The zero-order valence-corrected chi connectivity index (χ0v) is 9.71. The van der Waals surface area contributed by atoms with E-state index in [1.165, 1.54) is 12.1 Å². The van der Waals surface area contributed by atoms with Gasteiger partial charge in [0.15, 0.2) is 11.5 Å². The third kappa shape index (κ3) is 2.51. The fourth-order valence-corrected chi connectivity index (χ4v) is 2.38. The minimum absolute atomic E-state index is 0.173. The van der Waals surface area contributed by atoms with Crippen LogP contribution >= 0.6 is 10.7 Å². The lowest BCUT2D eigenvalue weighted by Crippen LogP contribution is -2.15. The van der Waals surface area contributed by atoms with Gasteiger partial charge in [0.05, 0.1) is 5.75 Å². The summed E-state index contributed by atoms with van der Waals surface area (Å²) in [5, 5.41) is 9.57. The average molecular weight is 265 g/mol. The van der Waals surface area contributed by atoms with E-state index in [0.717, 1.165) is 0 Å². The predicted molar refractivity (Wildman–Crippen MR) is 57.6 cm³/mol. The Morgan fingerprint density at radius 3 is 2.38 bits per heavy atom. The Morgan fingerprint density at radius 2 is 1.81 bits per heavy atom. The molecular weight excluding hydrogens is 256 g/mol. The third-order valence-corrected chi connectivity index (χ3v) is 3.05. The van der Waals surface area contributed by atoms with Crippen molar-refractivity contribution in [2.45, 2.75) is 5.75 Å². The standard InChI is InChI=1S/C9H9ClO5S/c10-16(12,13)5-6-3-8-9(4-7(6)11)15-2-1-14-8/h3-4,11H,1-2,5H2. The largest absolute Gasteiger partial charge is 0.507 e. The topological polar surface area (TPSA) is 72.8 Å². The van der Waals surface area contributed by atoms with Gasteiger partial charge in [-0.1, -0.05) is 0 Å². The van der Waals surface area contributed by atoms with Crippen molar-refractivity contribution in [2.24, 2.45) is 0 Å². The van der Waals surface area contributed by atoms with E-state index in [4.69, 9.17) is 20.2 Å². The number of phenolic OH excluding ortho intramolecular Hbond substituents is 1. The molecule has 1 aliphatic rings. The number of hydrogen-bond acceptors (Lipinski definition) is 5. The number of ether oxygens (including phenoxy) is 2. The van der Waals surface area contributed by atoms with E-state index in [-0.39, 0.29) is 11.3 Å². The van der Waals surface area contributed by atoms with Crippen molar-refractivity contribution in [1.29, 1.82) is 0 Å². The smallest absolute Gasteiger partial charge is 0.236 e. The first-order valence-electron chi connectivity index (χ1n) is 4.49. The number of rotatable bonds is 2. The fourth-order valence-electron chi connectivity index (χ4n) is 1.42. The molecule has 1 aromatic rings. The first-order valence-corrected chi connectivity index (χ1v) is 6.97. The van der Waals surface area contributed by atoms with Crippen LogP contribution in [0.25, 0.3) is 0 Å². The van der Waals surface area contributed by atoms with Crippen molar-refractivity contribution in [2.75, 3.05) is 13.2 Å². The Labute approximate surface area is 97.0 Å². The maximum absolute atomic E-state index is 10.9. The summed E-state index contributed by atoms with van der Waals surface area (Å²) in [6.07, 6.45) is 0. The van der Waals surface area contributed by atoms with Gasteiger partial charge in [-0.2, -0.15) is 0 Å². The summed E-state index contributed by atoms with van der Waals surface area (Å²) in [5.74, 6) is 0.198. The van der Waals surface area contributed by atoms with Crippen molar-refractivity contribution < 1.29 is 23.0 Å². The Morgan fingerprint density at radius 1 is 1.25 bits per heavy atom. The van der Waals surface area contributed by atoms with Crippen LogP contribution < -0.4 is 9.47 Å². The molecule has 1 heterocycles. The zero-order chi connectivity index (χ0) is 11.8. The Hall–Kier alpha value is -1.14. The summed E-state index contributed by atoms with van der Waals surface area (Å²) in [5.41, 5.74) is 0.194. The first kappa shape index (κ1) is 11.3. The summed E-state index contributed by atoms with van der Waals surface area (Å²) in [4.78, 5) is 0. The first-order chi connectivity index (χ1) is 7.46. The lowest BCUT2D eigenvalue weighted by Gasteiger charge is -2.19. The van der Waals surface area contributed by atoms with Crippen LogP contribution in [0.3, 0.4) is 0 Å². The molecule has 0 atom stereocenters. The van der Waals surface area contributed by atoms with Crippen LogP contribution in [-0.2, 0) is 14.8 Å². The summed E-state index contributed by atoms with van der Waals surface area (Å²) in [6, 6.07) is 2.75. The van der Waals surface area contributed by atoms with Gasteiger partial charge in [0, 0.05) is 22.3 Å². The van der Waals surface area contributed by atoms with Crippen molar-refractivity contribution in [3.8, 4) is 17.2 Å². The second-order valence-corrected chi connectivity index (χ2v) is 6.08. The van der Waals surface area contributed by atoms with Crippen molar-refractivity contribution >= 4 is 19.7 Å². The van der Waals surface area contributed by atoms with E-state index < -0.39 is 14.8 Å². The van der Waals surface area contributed by atoms with Crippen molar-refractivity contribution in [1.82, 2.24) is 0 Å². The Balaban J connectivity index is 2.40. The highest BCUT2D eigenvalue weighted by atomic mass is 35.7. The van der Waals surface area contributed by atoms with E-state index in [1.807, 2.05) is 0 Å². The molecule has 0 spiro atoms. The van der Waals surface area contributed by atoms with Crippen molar-refractivity contribution in [3.63, 3.8) is 0 Å².